The van der Waals surface area contributed by atoms with Crippen LogP contribution in [0, 0.1) is 5.82 Å². The molecule has 27 heavy (non-hydrogen) atoms. The van der Waals surface area contributed by atoms with Crippen molar-refractivity contribution in [3.63, 3.8) is 0 Å². The molecule has 0 unspecified atom stereocenters. The van der Waals surface area contributed by atoms with Gasteiger partial charge in [-0.2, -0.15) is 0 Å². The second-order valence-electron chi connectivity index (χ2n) is 5.99. The molecule has 0 atom stereocenters. The monoisotopic (exact) mass is 384 g/mol. The average molecular weight is 384 g/mol. The zero-order valence-corrected chi connectivity index (χ0v) is 15.6. The van der Waals surface area contributed by atoms with Gasteiger partial charge in [-0.3, -0.25) is 19.4 Å². The Bertz CT molecular complexity index is 932. The number of halogens is 1. The number of rotatable bonds is 4. The van der Waals surface area contributed by atoms with Gasteiger partial charge in [0.15, 0.2) is 5.11 Å². The molecule has 3 rings (SSSR count). The summed E-state index contributed by atoms with van der Waals surface area (Å²) < 4.78 is 19.5. The lowest BCUT2D eigenvalue weighted by atomic mass is 10.1. The Morgan fingerprint density at radius 1 is 1.00 bits per heavy atom. The summed E-state index contributed by atoms with van der Waals surface area (Å²) in [5, 5.41) is 0.145. The molecule has 0 bridgehead atoms. The highest BCUT2D eigenvalue weighted by Gasteiger charge is 2.35. The quantitative estimate of drug-likeness (QED) is 0.462. The van der Waals surface area contributed by atoms with Crippen molar-refractivity contribution in [2.24, 2.45) is 0 Å². The van der Waals surface area contributed by atoms with Gasteiger partial charge in [-0.15, -0.1) is 0 Å². The highest BCUT2D eigenvalue weighted by molar-refractivity contribution is 7.80. The number of nitrogens with zero attached hydrogens (tertiary/aromatic N) is 2. The summed E-state index contributed by atoms with van der Waals surface area (Å²) in [7, 11) is 3.03. The number of carbonyl (C=O) groups excluding carboxylic acids is 2. The first kappa shape index (κ1) is 18.7. The summed E-state index contributed by atoms with van der Waals surface area (Å²) in [6, 6.07) is 13.3. The second kappa shape index (κ2) is 7.67. The van der Waals surface area contributed by atoms with Gasteiger partial charge < -0.3 is 4.74 Å². The zero-order chi connectivity index (χ0) is 19.6. The second-order valence-corrected chi connectivity index (χ2v) is 6.35. The van der Waals surface area contributed by atoms with Crippen LogP contribution in [0.5, 0.6) is 5.75 Å². The summed E-state index contributed by atoms with van der Waals surface area (Å²) in [5.74, 6) is -0.881. The van der Waals surface area contributed by atoms with E-state index in [0.717, 1.165) is 0 Å². The van der Waals surface area contributed by atoms with E-state index in [9.17, 15) is 14.0 Å². The molecule has 0 N–H and O–H groups in total. The van der Waals surface area contributed by atoms with Crippen LogP contribution in [0.3, 0.4) is 0 Å². The average Bonchev–Trinajstić information content (AvgIpc) is 2.68. The summed E-state index contributed by atoms with van der Waals surface area (Å²) in [6.45, 7) is 0.0264. The number of amides is 2. The maximum absolute atomic E-state index is 13.8. The summed E-state index contributed by atoms with van der Waals surface area (Å²) in [4.78, 5) is 27.4. The summed E-state index contributed by atoms with van der Waals surface area (Å²) in [6.07, 6.45) is 1.47. The summed E-state index contributed by atoms with van der Waals surface area (Å²) in [5.41, 5.74) is 0.935. The van der Waals surface area contributed by atoms with Crippen molar-refractivity contribution >= 4 is 35.2 Å². The fourth-order valence-electron chi connectivity index (χ4n) is 2.63. The van der Waals surface area contributed by atoms with Crippen molar-refractivity contribution in [3.8, 4) is 5.75 Å². The van der Waals surface area contributed by atoms with Crippen molar-refractivity contribution in [2.75, 3.05) is 14.1 Å². The molecule has 0 spiro atoms. The molecule has 5 nitrogen and oxygen atoms in total. The minimum Gasteiger partial charge on any atom is -0.488 e. The minimum absolute atomic E-state index is 0.0180. The molecule has 2 aromatic carbocycles. The van der Waals surface area contributed by atoms with Crippen molar-refractivity contribution in [2.45, 2.75) is 6.61 Å². The van der Waals surface area contributed by atoms with E-state index in [1.54, 1.807) is 42.5 Å². The number of hydrogen-bond acceptors (Lipinski definition) is 4. The van der Waals surface area contributed by atoms with Gasteiger partial charge in [-0.25, -0.2) is 4.39 Å². The number of hydrogen-bond donors (Lipinski definition) is 0. The molecule has 138 valence electrons. The highest BCUT2D eigenvalue weighted by Crippen LogP contribution is 2.25. The van der Waals surface area contributed by atoms with Gasteiger partial charge in [0.25, 0.3) is 11.8 Å². The standard InChI is InChI=1S/C20H17FN2O3S/c1-22-18(24)15(19(25)23(2)20(22)27)11-13-7-4-6-10-17(13)26-12-14-8-3-5-9-16(14)21/h3-11H,12H2,1-2H3. The topological polar surface area (TPSA) is 49.9 Å². The predicted octanol–water partition coefficient (Wildman–Crippen LogP) is 3.00. The van der Waals surface area contributed by atoms with Crippen molar-refractivity contribution in [1.82, 2.24) is 9.80 Å². The Kier molecular flexibility index (Phi) is 5.32. The Hall–Kier alpha value is -3.06. The molecule has 0 saturated carbocycles. The Balaban J connectivity index is 1.90. The van der Waals surface area contributed by atoms with E-state index < -0.39 is 11.8 Å². The van der Waals surface area contributed by atoms with E-state index in [1.165, 1.54) is 36.0 Å². The van der Waals surface area contributed by atoms with Gasteiger partial charge in [0.1, 0.15) is 23.7 Å². The van der Waals surface area contributed by atoms with Crippen LogP contribution in [0.1, 0.15) is 11.1 Å². The molecule has 1 heterocycles. The highest BCUT2D eigenvalue weighted by atomic mass is 32.1. The van der Waals surface area contributed by atoms with E-state index in [4.69, 9.17) is 17.0 Å². The third-order valence-corrected chi connectivity index (χ3v) is 4.75. The van der Waals surface area contributed by atoms with Crippen LogP contribution in [0.4, 0.5) is 4.39 Å². The largest absolute Gasteiger partial charge is 0.488 e. The number of likely N-dealkylation sites (N-methyl/N-ethyl adjacent to an activating group) is 2. The third kappa shape index (κ3) is 3.73. The smallest absolute Gasteiger partial charge is 0.265 e. The first-order chi connectivity index (χ1) is 12.9. The number of carbonyl (C=O) groups is 2. The van der Waals surface area contributed by atoms with Crippen molar-refractivity contribution < 1.29 is 18.7 Å². The molecular weight excluding hydrogens is 367 g/mol. The molecule has 2 amide bonds. The first-order valence-electron chi connectivity index (χ1n) is 8.17. The van der Waals surface area contributed by atoms with E-state index in [-0.39, 0.29) is 23.1 Å². The molecule has 0 aromatic heterocycles. The molecule has 0 aliphatic carbocycles. The number of para-hydroxylation sites is 1. The van der Waals surface area contributed by atoms with Crippen LogP contribution in [-0.4, -0.2) is 40.8 Å². The SMILES string of the molecule is CN1C(=O)C(=Cc2ccccc2OCc2ccccc2F)C(=O)N(C)C1=S. The molecule has 2 aromatic rings. The van der Waals surface area contributed by atoms with E-state index in [2.05, 4.69) is 0 Å². The van der Waals surface area contributed by atoms with E-state index in [1.807, 2.05) is 0 Å². The van der Waals surface area contributed by atoms with Crippen LogP contribution in [0.15, 0.2) is 54.1 Å². The lowest BCUT2D eigenvalue weighted by Gasteiger charge is -2.31. The normalized spacial score (nSPS) is 14.6. The van der Waals surface area contributed by atoms with Gasteiger partial charge in [-0.1, -0.05) is 36.4 Å². The maximum Gasteiger partial charge on any atom is 0.265 e. The van der Waals surface area contributed by atoms with E-state index in [0.29, 0.717) is 16.9 Å². The van der Waals surface area contributed by atoms with Gasteiger partial charge in [0.2, 0.25) is 0 Å². The molecule has 0 radical (unpaired) electrons. The lowest BCUT2D eigenvalue weighted by Crippen LogP contribution is -2.52. The van der Waals surface area contributed by atoms with Crippen LogP contribution < -0.4 is 4.74 Å². The maximum atomic E-state index is 13.8. The third-order valence-electron chi connectivity index (χ3n) is 4.20. The Morgan fingerprint density at radius 3 is 2.26 bits per heavy atom. The van der Waals surface area contributed by atoms with E-state index >= 15 is 0 Å². The lowest BCUT2D eigenvalue weighted by molar-refractivity contribution is -0.132. The number of ether oxygens (including phenoxy) is 1. The number of thiocarbonyl (C=S) groups is 1. The number of benzene rings is 2. The van der Waals surface area contributed by atoms with Crippen LogP contribution in [0.25, 0.3) is 6.08 Å². The predicted molar refractivity (Wildman–Crippen MR) is 103 cm³/mol. The molecular formula is C20H17FN2O3S. The zero-order valence-electron chi connectivity index (χ0n) is 14.8. The summed E-state index contributed by atoms with van der Waals surface area (Å²) >= 11 is 5.08. The van der Waals surface area contributed by atoms with Crippen LogP contribution in [-0.2, 0) is 16.2 Å². The van der Waals surface area contributed by atoms with Gasteiger partial charge >= 0.3 is 0 Å². The fourth-order valence-corrected chi connectivity index (χ4v) is 2.80. The fraction of sp³-hybridized carbons (Fsp3) is 0.150. The molecule has 1 aliphatic rings. The van der Waals surface area contributed by atoms with Crippen molar-refractivity contribution in [3.05, 3.63) is 71.0 Å². The van der Waals surface area contributed by atoms with Crippen LogP contribution in [0.2, 0.25) is 0 Å². The molecule has 1 fully saturated rings. The first-order valence-corrected chi connectivity index (χ1v) is 8.58. The Labute approximate surface area is 161 Å². The Morgan fingerprint density at radius 2 is 1.59 bits per heavy atom. The minimum atomic E-state index is -0.480. The van der Waals surface area contributed by atoms with Gasteiger partial charge in [0, 0.05) is 25.2 Å². The van der Waals surface area contributed by atoms with Crippen LogP contribution >= 0.6 is 12.2 Å². The molecule has 1 saturated heterocycles. The van der Waals surface area contributed by atoms with Gasteiger partial charge in [-0.05, 0) is 30.4 Å². The van der Waals surface area contributed by atoms with Crippen molar-refractivity contribution in [1.29, 1.82) is 0 Å². The molecule has 7 heteroatoms. The molecule has 1 aliphatic heterocycles. The van der Waals surface area contributed by atoms with Gasteiger partial charge in [0.05, 0.1) is 0 Å².